The van der Waals surface area contributed by atoms with Crippen LogP contribution in [0, 0.1) is 0 Å². The zero-order valence-corrected chi connectivity index (χ0v) is 15.4. The van der Waals surface area contributed by atoms with Crippen LogP contribution in [0.15, 0.2) is 60.8 Å². The molecule has 1 fully saturated rings. The van der Waals surface area contributed by atoms with Crippen molar-refractivity contribution in [2.24, 2.45) is 0 Å². The van der Waals surface area contributed by atoms with Crippen LogP contribution in [-0.2, 0) is 4.74 Å². The Hall–Kier alpha value is -2.62. The highest BCUT2D eigenvalue weighted by atomic mass is 16.5. The molecule has 1 saturated heterocycles. The van der Waals surface area contributed by atoms with Gasteiger partial charge in [0.05, 0.1) is 18.7 Å². The molecule has 0 spiro atoms. The summed E-state index contributed by atoms with van der Waals surface area (Å²) in [4.78, 5) is 5.89. The first-order valence-electron chi connectivity index (χ1n) is 9.77. The van der Waals surface area contributed by atoms with E-state index in [1.165, 1.54) is 38.7 Å². The largest absolute Gasteiger partial charge is 0.379 e. The third-order valence-electron chi connectivity index (χ3n) is 5.65. The number of nitrogens with one attached hydrogen (secondary N) is 1. The normalized spacial score (nSPS) is 18.8. The Labute approximate surface area is 160 Å². The van der Waals surface area contributed by atoms with Gasteiger partial charge in [-0.05, 0) is 51.8 Å². The molecule has 1 aliphatic carbocycles. The number of nitrogens with zero attached hydrogens (tertiary/aromatic N) is 1. The van der Waals surface area contributed by atoms with Gasteiger partial charge in [-0.3, -0.25) is 4.90 Å². The third-order valence-corrected chi connectivity index (χ3v) is 5.65. The summed E-state index contributed by atoms with van der Waals surface area (Å²) in [5.41, 5.74) is 7.94. The van der Waals surface area contributed by atoms with E-state index in [-0.39, 0.29) is 0 Å². The Bertz CT molecular complexity index is 1020. The summed E-state index contributed by atoms with van der Waals surface area (Å²) < 4.78 is 5.47. The van der Waals surface area contributed by atoms with E-state index in [2.05, 4.69) is 70.6 Å². The van der Waals surface area contributed by atoms with Gasteiger partial charge in [0.2, 0.25) is 0 Å². The standard InChI is InChI=1S/C24H24N2O/c1-2-7-23-21(17-20-5-3-4-18-8-10-25-24(18)20)16-19(22(23)6-1)9-11-26-12-14-27-15-13-26/h1-8,10,16-17,25H,9,11-15H2. The molecular weight excluding hydrogens is 332 g/mol. The van der Waals surface area contributed by atoms with Crippen LogP contribution in [0.5, 0.6) is 0 Å². The van der Waals surface area contributed by atoms with E-state index >= 15 is 0 Å². The van der Waals surface area contributed by atoms with Crippen molar-refractivity contribution in [3.05, 3.63) is 77.5 Å². The molecule has 3 heteroatoms. The minimum atomic E-state index is 0.862. The fourth-order valence-electron chi connectivity index (χ4n) is 4.18. The second-order valence-electron chi connectivity index (χ2n) is 7.31. The Kier molecular flexibility index (Phi) is 4.40. The highest BCUT2D eigenvalue weighted by molar-refractivity contribution is 6.04. The molecule has 2 aromatic carbocycles. The van der Waals surface area contributed by atoms with Crippen LogP contribution in [0.3, 0.4) is 0 Å². The molecule has 0 atom stereocenters. The van der Waals surface area contributed by atoms with E-state index in [4.69, 9.17) is 4.74 Å². The number of aromatic amines is 1. The minimum absolute atomic E-state index is 0.862. The van der Waals surface area contributed by atoms with Crippen molar-refractivity contribution in [1.29, 1.82) is 0 Å². The number of rotatable bonds is 4. The number of morpholine rings is 1. The highest BCUT2D eigenvalue weighted by Gasteiger charge is 2.19. The lowest BCUT2D eigenvalue weighted by Gasteiger charge is -2.26. The summed E-state index contributed by atoms with van der Waals surface area (Å²) in [7, 11) is 0. The number of allylic oxidation sites excluding steroid dienone is 2. The Morgan fingerprint density at radius 3 is 2.70 bits per heavy atom. The van der Waals surface area contributed by atoms with Crippen LogP contribution >= 0.6 is 0 Å². The average Bonchev–Trinajstić information content (AvgIpc) is 3.33. The fraction of sp³-hybridized carbons (Fsp3) is 0.250. The first-order valence-corrected chi connectivity index (χ1v) is 9.77. The van der Waals surface area contributed by atoms with Gasteiger partial charge in [-0.25, -0.2) is 0 Å². The van der Waals surface area contributed by atoms with E-state index in [1.807, 2.05) is 6.20 Å². The summed E-state index contributed by atoms with van der Waals surface area (Å²) in [6.07, 6.45) is 7.80. The molecule has 0 unspecified atom stereocenters. The minimum Gasteiger partial charge on any atom is -0.379 e. The Morgan fingerprint density at radius 2 is 1.81 bits per heavy atom. The lowest BCUT2D eigenvalue weighted by Crippen LogP contribution is -2.36. The quantitative estimate of drug-likeness (QED) is 0.725. The molecule has 0 saturated carbocycles. The molecule has 1 aliphatic heterocycles. The van der Waals surface area contributed by atoms with Gasteiger partial charge in [0.25, 0.3) is 0 Å². The maximum Gasteiger partial charge on any atom is 0.0594 e. The van der Waals surface area contributed by atoms with Gasteiger partial charge in [-0.15, -0.1) is 0 Å². The fourth-order valence-corrected chi connectivity index (χ4v) is 4.18. The molecular formula is C24H24N2O. The molecule has 5 rings (SSSR count). The van der Waals surface area contributed by atoms with Gasteiger partial charge in [0, 0.05) is 25.8 Å². The molecule has 27 heavy (non-hydrogen) atoms. The molecule has 3 nitrogen and oxygen atoms in total. The smallest absolute Gasteiger partial charge is 0.0594 e. The maximum atomic E-state index is 5.47. The topological polar surface area (TPSA) is 28.3 Å². The average molecular weight is 356 g/mol. The monoisotopic (exact) mass is 356 g/mol. The number of fused-ring (bicyclic) bond motifs is 2. The zero-order valence-electron chi connectivity index (χ0n) is 15.4. The van der Waals surface area contributed by atoms with Crippen LogP contribution in [0.1, 0.15) is 23.1 Å². The Morgan fingerprint density at radius 1 is 0.963 bits per heavy atom. The van der Waals surface area contributed by atoms with Gasteiger partial charge >= 0.3 is 0 Å². The van der Waals surface area contributed by atoms with Crippen LogP contribution in [-0.4, -0.2) is 42.7 Å². The zero-order chi connectivity index (χ0) is 18.1. The second kappa shape index (κ2) is 7.18. The van der Waals surface area contributed by atoms with E-state index in [0.29, 0.717) is 0 Å². The molecule has 0 amide bonds. The summed E-state index contributed by atoms with van der Waals surface area (Å²) in [6.45, 7) is 4.92. The number of hydrogen-bond acceptors (Lipinski definition) is 2. The lowest BCUT2D eigenvalue weighted by atomic mass is 10.0. The van der Waals surface area contributed by atoms with Crippen molar-refractivity contribution in [1.82, 2.24) is 9.88 Å². The van der Waals surface area contributed by atoms with Crippen molar-refractivity contribution in [3.8, 4) is 0 Å². The van der Waals surface area contributed by atoms with E-state index in [0.717, 1.165) is 39.3 Å². The van der Waals surface area contributed by atoms with E-state index < -0.39 is 0 Å². The second-order valence-corrected chi connectivity index (χ2v) is 7.31. The molecule has 0 radical (unpaired) electrons. The summed E-state index contributed by atoms with van der Waals surface area (Å²) in [5, 5.41) is 1.26. The molecule has 0 bridgehead atoms. The molecule has 1 aromatic heterocycles. The predicted molar refractivity (Wildman–Crippen MR) is 112 cm³/mol. The van der Waals surface area contributed by atoms with Gasteiger partial charge < -0.3 is 9.72 Å². The van der Waals surface area contributed by atoms with E-state index in [9.17, 15) is 0 Å². The number of aromatic nitrogens is 1. The Balaban J connectivity index is 1.47. The van der Waals surface area contributed by atoms with Crippen LogP contribution in [0.2, 0.25) is 0 Å². The van der Waals surface area contributed by atoms with Crippen molar-refractivity contribution in [2.45, 2.75) is 6.42 Å². The van der Waals surface area contributed by atoms with Gasteiger partial charge in [-0.2, -0.15) is 0 Å². The van der Waals surface area contributed by atoms with Gasteiger partial charge in [0.1, 0.15) is 0 Å². The molecule has 2 aliphatic rings. The number of ether oxygens (including phenoxy) is 1. The van der Waals surface area contributed by atoms with Crippen molar-refractivity contribution in [3.63, 3.8) is 0 Å². The number of H-pyrrole nitrogens is 1. The van der Waals surface area contributed by atoms with Crippen LogP contribution in [0.25, 0.3) is 28.1 Å². The first-order chi connectivity index (χ1) is 13.4. The van der Waals surface area contributed by atoms with E-state index in [1.54, 1.807) is 0 Å². The van der Waals surface area contributed by atoms with Gasteiger partial charge in [-0.1, -0.05) is 48.5 Å². The summed E-state index contributed by atoms with van der Waals surface area (Å²) in [5.74, 6) is 0. The van der Waals surface area contributed by atoms with Crippen molar-refractivity contribution >= 4 is 28.1 Å². The summed E-state index contributed by atoms with van der Waals surface area (Å²) in [6, 6.07) is 17.4. The predicted octanol–water partition coefficient (Wildman–Crippen LogP) is 4.83. The maximum absolute atomic E-state index is 5.47. The SMILES string of the molecule is C(=C1C=C(CCN2CCOCC2)c2ccccc21)c1cccc2cc[nH]c12. The van der Waals surface area contributed by atoms with Gasteiger partial charge in [0.15, 0.2) is 0 Å². The molecule has 1 N–H and O–H groups in total. The van der Waals surface area contributed by atoms with Crippen molar-refractivity contribution < 1.29 is 4.74 Å². The first kappa shape index (κ1) is 16.5. The number of para-hydroxylation sites is 1. The third kappa shape index (κ3) is 3.25. The van der Waals surface area contributed by atoms with Crippen LogP contribution in [0.4, 0.5) is 0 Å². The molecule has 2 heterocycles. The number of benzene rings is 2. The van der Waals surface area contributed by atoms with Crippen LogP contribution < -0.4 is 0 Å². The molecule has 136 valence electrons. The summed E-state index contributed by atoms with van der Waals surface area (Å²) >= 11 is 0. The van der Waals surface area contributed by atoms with Crippen molar-refractivity contribution in [2.75, 3.05) is 32.8 Å². The lowest BCUT2D eigenvalue weighted by molar-refractivity contribution is 0.0390. The molecule has 3 aromatic rings. The highest BCUT2D eigenvalue weighted by Crippen LogP contribution is 2.38. The number of hydrogen-bond donors (Lipinski definition) is 1.